The number of aromatic nitrogens is 2. The van der Waals surface area contributed by atoms with E-state index in [0.29, 0.717) is 24.1 Å². The number of anilines is 3. The molecule has 29 heavy (non-hydrogen) atoms. The standard InChI is InChI=1S/C21H28FN5O2/c1-15(14-29-2)24-20-23-12-11-19(26-20)27(18-10-6-7-16(22)13-18)21(28)25-17-8-4-3-5-9-17/h6-7,10-13,15,17H,3-5,8-9,14H2,1-2H3,(H,25,28)(H,23,24,26). The summed E-state index contributed by atoms with van der Waals surface area (Å²) in [4.78, 5) is 23.2. The number of ether oxygens (including phenoxy) is 1. The smallest absolute Gasteiger partial charge is 0.327 e. The van der Waals surface area contributed by atoms with Gasteiger partial charge in [-0.05, 0) is 38.0 Å². The molecule has 1 aliphatic rings. The SMILES string of the molecule is COCC(C)Nc1nccc(N(C(=O)NC2CCCCC2)c2cccc(F)c2)n1. The molecule has 1 heterocycles. The zero-order valence-corrected chi connectivity index (χ0v) is 16.9. The highest BCUT2D eigenvalue weighted by Crippen LogP contribution is 2.26. The molecule has 0 saturated heterocycles. The van der Waals surface area contributed by atoms with Crippen LogP contribution in [0.5, 0.6) is 0 Å². The molecule has 1 atom stereocenters. The number of nitrogens with zero attached hydrogens (tertiary/aromatic N) is 3. The molecule has 1 aliphatic carbocycles. The average Bonchev–Trinajstić information content (AvgIpc) is 2.69. The average molecular weight is 401 g/mol. The molecule has 3 rings (SSSR count). The van der Waals surface area contributed by atoms with E-state index in [0.717, 1.165) is 25.7 Å². The lowest BCUT2D eigenvalue weighted by Crippen LogP contribution is -2.44. The van der Waals surface area contributed by atoms with Gasteiger partial charge in [0.25, 0.3) is 0 Å². The fraction of sp³-hybridized carbons (Fsp3) is 0.476. The molecule has 7 nitrogen and oxygen atoms in total. The van der Waals surface area contributed by atoms with Gasteiger partial charge in [-0.2, -0.15) is 4.98 Å². The lowest BCUT2D eigenvalue weighted by Gasteiger charge is -2.28. The predicted molar refractivity (Wildman–Crippen MR) is 111 cm³/mol. The molecule has 0 radical (unpaired) electrons. The van der Waals surface area contributed by atoms with Crippen molar-refractivity contribution in [1.82, 2.24) is 15.3 Å². The normalized spacial score (nSPS) is 15.6. The minimum absolute atomic E-state index is 0.00562. The highest BCUT2D eigenvalue weighted by atomic mass is 19.1. The largest absolute Gasteiger partial charge is 0.383 e. The van der Waals surface area contributed by atoms with E-state index in [1.165, 1.54) is 23.5 Å². The molecule has 1 aromatic heterocycles. The summed E-state index contributed by atoms with van der Waals surface area (Å²) in [6.07, 6.45) is 6.88. The first kappa shape index (κ1) is 21.0. The third-order valence-corrected chi connectivity index (χ3v) is 4.86. The van der Waals surface area contributed by atoms with Crippen LogP contribution in [0.4, 0.5) is 26.6 Å². The van der Waals surface area contributed by atoms with E-state index in [1.54, 1.807) is 31.5 Å². The summed E-state index contributed by atoms with van der Waals surface area (Å²) in [5.74, 6) is 0.323. The minimum Gasteiger partial charge on any atom is -0.383 e. The summed E-state index contributed by atoms with van der Waals surface area (Å²) in [5, 5.41) is 6.22. The van der Waals surface area contributed by atoms with Gasteiger partial charge in [-0.15, -0.1) is 0 Å². The van der Waals surface area contributed by atoms with Gasteiger partial charge in [0.15, 0.2) is 0 Å². The highest BCUT2D eigenvalue weighted by molar-refractivity contribution is 5.98. The Kier molecular flexibility index (Phi) is 7.35. The van der Waals surface area contributed by atoms with E-state index in [1.807, 2.05) is 6.92 Å². The molecule has 8 heteroatoms. The Morgan fingerprint density at radius 3 is 2.83 bits per heavy atom. The number of halogens is 1. The van der Waals surface area contributed by atoms with E-state index in [4.69, 9.17) is 4.74 Å². The maximum atomic E-state index is 13.9. The molecule has 2 N–H and O–H groups in total. The molecule has 156 valence electrons. The van der Waals surface area contributed by atoms with Crippen molar-refractivity contribution in [3.05, 3.63) is 42.3 Å². The van der Waals surface area contributed by atoms with Gasteiger partial charge in [0.1, 0.15) is 11.6 Å². The lowest BCUT2D eigenvalue weighted by atomic mass is 9.96. The van der Waals surface area contributed by atoms with E-state index in [2.05, 4.69) is 20.6 Å². The number of carbonyl (C=O) groups excluding carboxylic acids is 1. The number of nitrogens with one attached hydrogen (secondary N) is 2. The lowest BCUT2D eigenvalue weighted by molar-refractivity contribution is 0.190. The Balaban J connectivity index is 1.87. The third-order valence-electron chi connectivity index (χ3n) is 4.86. The van der Waals surface area contributed by atoms with E-state index in [9.17, 15) is 9.18 Å². The van der Waals surface area contributed by atoms with Crippen LogP contribution in [0, 0.1) is 5.82 Å². The summed E-state index contributed by atoms with van der Waals surface area (Å²) in [7, 11) is 1.62. The Bertz CT molecular complexity index is 813. The predicted octanol–water partition coefficient (Wildman–Crippen LogP) is 4.24. The second-order valence-electron chi connectivity index (χ2n) is 7.34. The molecule has 1 aromatic carbocycles. The second kappa shape index (κ2) is 10.2. The van der Waals surface area contributed by atoms with Crippen molar-refractivity contribution < 1.29 is 13.9 Å². The molecule has 2 aromatic rings. The molecule has 1 saturated carbocycles. The van der Waals surface area contributed by atoms with E-state index < -0.39 is 5.82 Å². The van der Waals surface area contributed by atoms with Crippen LogP contribution in [-0.4, -0.2) is 41.8 Å². The first-order valence-corrected chi connectivity index (χ1v) is 10.0. The first-order chi connectivity index (χ1) is 14.1. The number of hydrogen-bond donors (Lipinski definition) is 2. The molecule has 1 unspecified atom stereocenters. The van der Waals surface area contributed by atoms with Crippen LogP contribution >= 0.6 is 0 Å². The minimum atomic E-state index is -0.418. The van der Waals surface area contributed by atoms with Crippen LogP contribution in [0.1, 0.15) is 39.0 Å². The fourth-order valence-corrected chi connectivity index (χ4v) is 3.51. The molecule has 2 amide bonds. The topological polar surface area (TPSA) is 79.4 Å². The number of urea groups is 1. The van der Waals surface area contributed by atoms with Gasteiger partial charge in [-0.3, -0.25) is 0 Å². The van der Waals surface area contributed by atoms with Crippen LogP contribution in [0.2, 0.25) is 0 Å². The van der Waals surface area contributed by atoms with Gasteiger partial charge in [-0.25, -0.2) is 19.1 Å². The van der Waals surface area contributed by atoms with Crippen LogP contribution in [-0.2, 0) is 4.74 Å². The summed E-state index contributed by atoms with van der Waals surface area (Å²) >= 11 is 0. The molecule has 0 bridgehead atoms. The second-order valence-corrected chi connectivity index (χ2v) is 7.34. The molecular formula is C21H28FN5O2. The van der Waals surface area contributed by atoms with Gasteiger partial charge in [0, 0.05) is 31.5 Å². The number of rotatable bonds is 7. The van der Waals surface area contributed by atoms with Crippen molar-refractivity contribution in [2.24, 2.45) is 0 Å². The Hall–Kier alpha value is -2.74. The Morgan fingerprint density at radius 1 is 1.31 bits per heavy atom. The fourth-order valence-electron chi connectivity index (χ4n) is 3.51. The van der Waals surface area contributed by atoms with Gasteiger partial charge in [-0.1, -0.05) is 25.3 Å². The number of carbonyl (C=O) groups is 1. The molecule has 0 aliphatic heterocycles. The number of benzene rings is 1. The Morgan fingerprint density at radius 2 is 2.10 bits per heavy atom. The van der Waals surface area contributed by atoms with Gasteiger partial charge < -0.3 is 15.4 Å². The number of methoxy groups -OCH3 is 1. The molecular weight excluding hydrogens is 373 g/mol. The quantitative estimate of drug-likeness (QED) is 0.725. The maximum absolute atomic E-state index is 13.9. The maximum Gasteiger partial charge on any atom is 0.327 e. The van der Waals surface area contributed by atoms with Crippen molar-refractivity contribution in [2.75, 3.05) is 23.9 Å². The monoisotopic (exact) mass is 401 g/mol. The number of amides is 2. The van der Waals surface area contributed by atoms with E-state index >= 15 is 0 Å². The molecule has 0 spiro atoms. The molecule has 1 fully saturated rings. The van der Waals surface area contributed by atoms with E-state index in [-0.39, 0.29) is 18.1 Å². The zero-order chi connectivity index (χ0) is 20.6. The van der Waals surface area contributed by atoms with Crippen molar-refractivity contribution in [1.29, 1.82) is 0 Å². The van der Waals surface area contributed by atoms with Crippen molar-refractivity contribution >= 4 is 23.5 Å². The zero-order valence-electron chi connectivity index (χ0n) is 16.9. The van der Waals surface area contributed by atoms with Crippen LogP contribution in [0.15, 0.2) is 36.5 Å². The third kappa shape index (κ3) is 5.87. The first-order valence-electron chi connectivity index (χ1n) is 10.0. The summed E-state index contributed by atoms with van der Waals surface area (Å²) in [5.41, 5.74) is 0.410. The van der Waals surface area contributed by atoms with Crippen LogP contribution in [0.3, 0.4) is 0 Å². The van der Waals surface area contributed by atoms with Crippen molar-refractivity contribution in [2.45, 2.75) is 51.1 Å². The van der Waals surface area contributed by atoms with Crippen molar-refractivity contribution in [3.8, 4) is 0 Å². The summed E-state index contributed by atoms with van der Waals surface area (Å²) < 4.78 is 19.0. The van der Waals surface area contributed by atoms with Gasteiger partial charge >= 0.3 is 6.03 Å². The number of hydrogen-bond acceptors (Lipinski definition) is 5. The summed E-state index contributed by atoms with van der Waals surface area (Å²) in [6.45, 7) is 2.43. The van der Waals surface area contributed by atoms with Crippen molar-refractivity contribution in [3.63, 3.8) is 0 Å². The van der Waals surface area contributed by atoms with Gasteiger partial charge in [0.05, 0.1) is 12.3 Å². The Labute approximate surface area is 170 Å². The van der Waals surface area contributed by atoms with Crippen LogP contribution in [0.25, 0.3) is 0 Å². The highest BCUT2D eigenvalue weighted by Gasteiger charge is 2.24. The van der Waals surface area contributed by atoms with Gasteiger partial charge in [0.2, 0.25) is 5.95 Å². The summed E-state index contributed by atoms with van der Waals surface area (Å²) in [6, 6.07) is 7.36. The van der Waals surface area contributed by atoms with Crippen LogP contribution < -0.4 is 15.5 Å².